The number of rotatable bonds is 2. The molecule has 0 heterocycles. The Hall–Kier alpha value is -2.93. The van der Waals surface area contributed by atoms with Gasteiger partial charge in [0.15, 0.2) is 0 Å². The van der Waals surface area contributed by atoms with Crippen molar-refractivity contribution >= 4 is 23.0 Å². The fourth-order valence-electron chi connectivity index (χ4n) is 1.61. The van der Waals surface area contributed by atoms with Crippen LogP contribution in [0.2, 0.25) is 0 Å². The molecule has 4 nitrogen and oxygen atoms in total. The third kappa shape index (κ3) is 2.85. The summed E-state index contributed by atoms with van der Waals surface area (Å²) in [6, 6.07) is 11.8. The van der Waals surface area contributed by atoms with E-state index in [2.05, 4.69) is 11.2 Å². The normalized spacial score (nSPS) is 9.63. The second-order valence-electron chi connectivity index (χ2n) is 4.02. The number of carbonyl (C=O) groups is 1. The number of carbonyl (C=O) groups excluding carboxylic acids is 1. The second-order valence-corrected chi connectivity index (χ2v) is 4.02. The SMILES string of the molecule is C#Cc1cccc(NC(=O)c2ccc(N)c(N)c2)c1. The lowest BCUT2D eigenvalue weighted by Gasteiger charge is -2.07. The van der Waals surface area contributed by atoms with Crippen LogP contribution in [-0.2, 0) is 0 Å². The average molecular weight is 251 g/mol. The van der Waals surface area contributed by atoms with E-state index < -0.39 is 0 Å². The van der Waals surface area contributed by atoms with E-state index in [1.807, 2.05) is 0 Å². The summed E-state index contributed by atoms with van der Waals surface area (Å²) in [4.78, 5) is 12.0. The third-order valence-electron chi connectivity index (χ3n) is 2.64. The Morgan fingerprint density at radius 3 is 2.58 bits per heavy atom. The van der Waals surface area contributed by atoms with E-state index in [0.717, 1.165) is 0 Å². The number of hydrogen-bond donors (Lipinski definition) is 3. The summed E-state index contributed by atoms with van der Waals surface area (Å²) < 4.78 is 0. The molecular formula is C15H13N3O. The molecule has 0 aromatic heterocycles. The Morgan fingerprint density at radius 2 is 1.89 bits per heavy atom. The van der Waals surface area contributed by atoms with E-state index in [0.29, 0.717) is 28.2 Å². The first kappa shape index (κ1) is 12.5. The largest absolute Gasteiger partial charge is 0.397 e. The van der Waals surface area contributed by atoms with Gasteiger partial charge in [0, 0.05) is 16.8 Å². The van der Waals surface area contributed by atoms with E-state index in [4.69, 9.17) is 17.9 Å². The molecule has 0 aliphatic rings. The Labute approximate surface area is 111 Å². The van der Waals surface area contributed by atoms with E-state index in [1.165, 1.54) is 6.07 Å². The number of amides is 1. The van der Waals surface area contributed by atoms with Crippen molar-refractivity contribution in [3.63, 3.8) is 0 Å². The zero-order valence-corrected chi connectivity index (χ0v) is 10.2. The lowest BCUT2D eigenvalue weighted by molar-refractivity contribution is 0.102. The monoisotopic (exact) mass is 251 g/mol. The average Bonchev–Trinajstić information content (AvgIpc) is 2.42. The van der Waals surface area contributed by atoms with Crippen LogP contribution in [0.4, 0.5) is 17.1 Å². The van der Waals surface area contributed by atoms with Crippen LogP contribution in [0.1, 0.15) is 15.9 Å². The van der Waals surface area contributed by atoms with Gasteiger partial charge in [0.25, 0.3) is 5.91 Å². The van der Waals surface area contributed by atoms with Gasteiger partial charge in [-0.15, -0.1) is 6.42 Å². The molecule has 0 saturated heterocycles. The zero-order chi connectivity index (χ0) is 13.8. The summed E-state index contributed by atoms with van der Waals surface area (Å²) >= 11 is 0. The minimum absolute atomic E-state index is 0.263. The minimum Gasteiger partial charge on any atom is -0.397 e. The molecule has 2 aromatic carbocycles. The summed E-state index contributed by atoms with van der Waals surface area (Å²) in [7, 11) is 0. The quantitative estimate of drug-likeness (QED) is 0.564. The number of hydrogen-bond acceptors (Lipinski definition) is 3. The van der Waals surface area contributed by atoms with Gasteiger partial charge in [-0.1, -0.05) is 12.0 Å². The Morgan fingerprint density at radius 1 is 1.11 bits per heavy atom. The standard InChI is InChI=1S/C15H13N3O/c1-2-10-4-3-5-12(8-10)18-15(19)11-6-7-13(16)14(17)9-11/h1,3-9H,16-17H2,(H,18,19). The second kappa shape index (κ2) is 5.15. The van der Waals surface area contributed by atoms with Gasteiger partial charge in [-0.2, -0.15) is 0 Å². The molecule has 0 unspecified atom stereocenters. The summed E-state index contributed by atoms with van der Waals surface area (Å²) in [5, 5.41) is 2.75. The van der Waals surface area contributed by atoms with Crippen molar-refractivity contribution in [1.29, 1.82) is 0 Å². The number of nitrogen functional groups attached to an aromatic ring is 2. The number of anilines is 3. The topological polar surface area (TPSA) is 81.1 Å². The highest BCUT2D eigenvalue weighted by molar-refractivity contribution is 6.05. The molecule has 94 valence electrons. The molecule has 0 spiro atoms. The van der Waals surface area contributed by atoms with Gasteiger partial charge in [-0.05, 0) is 36.4 Å². The molecule has 2 rings (SSSR count). The van der Waals surface area contributed by atoms with Crippen molar-refractivity contribution in [2.24, 2.45) is 0 Å². The minimum atomic E-state index is -0.263. The van der Waals surface area contributed by atoms with Crippen molar-refractivity contribution in [1.82, 2.24) is 0 Å². The molecule has 4 heteroatoms. The highest BCUT2D eigenvalue weighted by Crippen LogP contribution is 2.17. The van der Waals surface area contributed by atoms with E-state index in [-0.39, 0.29) is 5.91 Å². The van der Waals surface area contributed by atoms with E-state index >= 15 is 0 Å². The van der Waals surface area contributed by atoms with Crippen LogP contribution in [0.15, 0.2) is 42.5 Å². The molecule has 0 bridgehead atoms. The lowest BCUT2D eigenvalue weighted by Crippen LogP contribution is -2.12. The maximum Gasteiger partial charge on any atom is 0.255 e. The van der Waals surface area contributed by atoms with Gasteiger partial charge in [0.05, 0.1) is 11.4 Å². The first-order chi connectivity index (χ1) is 9.10. The summed E-state index contributed by atoms with van der Waals surface area (Å²) in [5.74, 6) is 2.25. The number of nitrogens with two attached hydrogens (primary N) is 2. The highest BCUT2D eigenvalue weighted by atomic mass is 16.1. The molecule has 0 atom stereocenters. The lowest BCUT2D eigenvalue weighted by atomic mass is 10.1. The molecule has 5 N–H and O–H groups in total. The van der Waals surface area contributed by atoms with E-state index in [1.54, 1.807) is 36.4 Å². The first-order valence-corrected chi connectivity index (χ1v) is 5.63. The van der Waals surface area contributed by atoms with Crippen molar-refractivity contribution in [3.05, 3.63) is 53.6 Å². The number of terminal acetylenes is 1. The Bertz CT molecular complexity index is 671. The van der Waals surface area contributed by atoms with Crippen LogP contribution < -0.4 is 16.8 Å². The molecule has 0 radical (unpaired) electrons. The third-order valence-corrected chi connectivity index (χ3v) is 2.64. The highest BCUT2D eigenvalue weighted by Gasteiger charge is 2.07. The van der Waals surface area contributed by atoms with Crippen molar-refractivity contribution in [2.75, 3.05) is 16.8 Å². The van der Waals surface area contributed by atoms with Crippen LogP contribution in [0, 0.1) is 12.3 Å². The molecule has 2 aromatic rings. The van der Waals surface area contributed by atoms with Gasteiger partial charge in [0.1, 0.15) is 0 Å². The predicted octanol–water partition coefficient (Wildman–Crippen LogP) is 2.08. The summed E-state index contributed by atoms with van der Waals surface area (Å²) in [5.41, 5.74) is 13.9. The van der Waals surface area contributed by atoms with Crippen LogP contribution in [0.25, 0.3) is 0 Å². The first-order valence-electron chi connectivity index (χ1n) is 5.63. The molecule has 0 aliphatic carbocycles. The number of nitrogens with one attached hydrogen (secondary N) is 1. The van der Waals surface area contributed by atoms with Crippen molar-refractivity contribution in [2.45, 2.75) is 0 Å². The summed E-state index contributed by atoms with van der Waals surface area (Å²) in [6.07, 6.45) is 5.30. The van der Waals surface area contributed by atoms with Gasteiger partial charge < -0.3 is 16.8 Å². The predicted molar refractivity (Wildman–Crippen MR) is 77.6 cm³/mol. The van der Waals surface area contributed by atoms with E-state index in [9.17, 15) is 4.79 Å². The molecule has 0 fully saturated rings. The smallest absolute Gasteiger partial charge is 0.255 e. The molecule has 0 aliphatic heterocycles. The van der Waals surface area contributed by atoms with Crippen LogP contribution in [0.5, 0.6) is 0 Å². The fraction of sp³-hybridized carbons (Fsp3) is 0. The molecular weight excluding hydrogens is 238 g/mol. The van der Waals surface area contributed by atoms with Gasteiger partial charge >= 0.3 is 0 Å². The molecule has 19 heavy (non-hydrogen) atoms. The fourth-order valence-corrected chi connectivity index (χ4v) is 1.61. The maximum atomic E-state index is 12.0. The molecule has 1 amide bonds. The van der Waals surface area contributed by atoms with Crippen molar-refractivity contribution in [3.8, 4) is 12.3 Å². The van der Waals surface area contributed by atoms with Crippen LogP contribution in [0.3, 0.4) is 0 Å². The Balaban J connectivity index is 2.21. The Kier molecular flexibility index (Phi) is 3.39. The van der Waals surface area contributed by atoms with Gasteiger partial charge in [-0.3, -0.25) is 4.79 Å². The van der Waals surface area contributed by atoms with Gasteiger partial charge in [-0.25, -0.2) is 0 Å². The van der Waals surface area contributed by atoms with Gasteiger partial charge in [0.2, 0.25) is 0 Å². The van der Waals surface area contributed by atoms with Crippen molar-refractivity contribution < 1.29 is 4.79 Å². The maximum absolute atomic E-state index is 12.0. The zero-order valence-electron chi connectivity index (χ0n) is 10.2. The summed E-state index contributed by atoms with van der Waals surface area (Å²) in [6.45, 7) is 0. The molecule has 0 saturated carbocycles. The van der Waals surface area contributed by atoms with Crippen LogP contribution in [-0.4, -0.2) is 5.91 Å². The number of benzene rings is 2. The van der Waals surface area contributed by atoms with Crippen LogP contribution >= 0.6 is 0 Å².